The summed E-state index contributed by atoms with van der Waals surface area (Å²) in [4.78, 5) is 17.7. The van der Waals surface area contributed by atoms with Crippen LogP contribution in [-0.2, 0) is 4.79 Å². The minimum absolute atomic E-state index is 0.112. The molecule has 2 aromatic rings. The summed E-state index contributed by atoms with van der Waals surface area (Å²) in [5, 5.41) is 9.29. The Labute approximate surface area is 163 Å². The van der Waals surface area contributed by atoms with Crippen molar-refractivity contribution in [3.63, 3.8) is 0 Å². The zero-order valence-corrected chi connectivity index (χ0v) is 16.0. The molecule has 1 aromatic carbocycles. The van der Waals surface area contributed by atoms with E-state index < -0.39 is 12.3 Å². The van der Waals surface area contributed by atoms with E-state index in [1.54, 1.807) is 37.7 Å². The summed E-state index contributed by atoms with van der Waals surface area (Å²) < 4.78 is 23.7. The summed E-state index contributed by atoms with van der Waals surface area (Å²) in [5.74, 6) is 0.112. The molecule has 7 heteroatoms. The summed E-state index contributed by atoms with van der Waals surface area (Å²) in [6, 6.07) is 9.10. The summed E-state index contributed by atoms with van der Waals surface area (Å²) in [6.07, 6.45) is 4.77. The number of anilines is 2. The number of aliphatic carboxylic acids is 1. The van der Waals surface area contributed by atoms with E-state index in [4.69, 9.17) is 9.47 Å². The van der Waals surface area contributed by atoms with Crippen LogP contribution in [0.25, 0.3) is 0 Å². The first-order valence-electron chi connectivity index (χ1n) is 9.40. The highest BCUT2D eigenvalue weighted by molar-refractivity contribution is 5.71. The molecule has 0 spiro atoms. The van der Waals surface area contributed by atoms with Crippen molar-refractivity contribution < 1.29 is 23.8 Å². The Morgan fingerprint density at radius 1 is 1.21 bits per heavy atom. The number of carboxylic acids is 1. The highest BCUT2D eigenvalue weighted by Gasteiger charge is 2.31. The molecule has 1 atom stereocenters. The fraction of sp³-hybridized carbons (Fsp3) is 0.429. The number of benzene rings is 1. The van der Waals surface area contributed by atoms with Crippen LogP contribution in [0.4, 0.5) is 15.8 Å². The van der Waals surface area contributed by atoms with Crippen molar-refractivity contribution in [2.45, 2.75) is 45.0 Å². The summed E-state index contributed by atoms with van der Waals surface area (Å²) in [6.45, 7) is 1.33. The lowest BCUT2D eigenvalue weighted by molar-refractivity contribution is -0.142. The van der Waals surface area contributed by atoms with E-state index in [0.29, 0.717) is 24.3 Å². The number of rotatable bonds is 7. The standard InChI is InChI=1S/C21H25FN2O4/c1-14(22)28-18-9-7-17(8-10-18)24(19-13-23-12-11-20(19)27-2)16-5-3-15(4-6-16)21(25)26/h7-16H,3-6H2,1-2H3,(H,25,26). The third kappa shape index (κ3) is 4.52. The highest BCUT2D eigenvalue weighted by Crippen LogP contribution is 2.40. The van der Waals surface area contributed by atoms with Gasteiger partial charge in [0.15, 0.2) is 0 Å². The van der Waals surface area contributed by atoms with Gasteiger partial charge in [-0.2, -0.15) is 0 Å². The van der Waals surface area contributed by atoms with Gasteiger partial charge in [-0.25, -0.2) is 4.39 Å². The molecule has 28 heavy (non-hydrogen) atoms. The fourth-order valence-corrected chi connectivity index (χ4v) is 3.73. The topological polar surface area (TPSA) is 71.9 Å². The zero-order valence-electron chi connectivity index (χ0n) is 16.0. The molecule has 0 amide bonds. The SMILES string of the molecule is COc1ccncc1N(c1ccc(OC(C)F)cc1)C1CCC(C(=O)O)CC1. The van der Waals surface area contributed by atoms with Crippen LogP contribution >= 0.6 is 0 Å². The molecule has 1 fully saturated rings. The fourth-order valence-electron chi connectivity index (χ4n) is 3.73. The maximum Gasteiger partial charge on any atom is 0.306 e. The van der Waals surface area contributed by atoms with Crippen molar-refractivity contribution in [3.8, 4) is 11.5 Å². The Morgan fingerprint density at radius 3 is 2.46 bits per heavy atom. The molecule has 6 nitrogen and oxygen atoms in total. The molecular weight excluding hydrogens is 363 g/mol. The van der Waals surface area contributed by atoms with Crippen LogP contribution in [0.2, 0.25) is 0 Å². The lowest BCUT2D eigenvalue weighted by Gasteiger charge is -2.38. The number of hydrogen-bond acceptors (Lipinski definition) is 5. The quantitative estimate of drug-likeness (QED) is 0.749. The zero-order chi connectivity index (χ0) is 20.1. The molecule has 1 heterocycles. The van der Waals surface area contributed by atoms with Crippen LogP contribution in [0.5, 0.6) is 11.5 Å². The molecule has 150 valence electrons. The van der Waals surface area contributed by atoms with E-state index in [0.717, 1.165) is 24.2 Å². The molecule has 1 aliphatic carbocycles. The van der Waals surface area contributed by atoms with Gasteiger partial charge in [0, 0.05) is 30.9 Å². The third-order valence-electron chi connectivity index (χ3n) is 5.07. The number of carboxylic acid groups (broad SMARTS) is 1. The number of alkyl halides is 1. The molecular formula is C21H25FN2O4. The second-order valence-corrected chi connectivity index (χ2v) is 6.92. The van der Waals surface area contributed by atoms with Crippen molar-refractivity contribution in [2.24, 2.45) is 5.92 Å². The van der Waals surface area contributed by atoms with Gasteiger partial charge in [-0.05, 0) is 49.9 Å². The molecule has 1 unspecified atom stereocenters. The minimum atomic E-state index is -1.38. The van der Waals surface area contributed by atoms with Gasteiger partial charge in [0.1, 0.15) is 17.2 Å². The van der Waals surface area contributed by atoms with Crippen molar-refractivity contribution in [1.82, 2.24) is 4.98 Å². The second-order valence-electron chi connectivity index (χ2n) is 6.92. The third-order valence-corrected chi connectivity index (χ3v) is 5.07. The summed E-state index contributed by atoms with van der Waals surface area (Å²) in [7, 11) is 1.61. The van der Waals surface area contributed by atoms with Gasteiger partial charge >= 0.3 is 5.97 Å². The first kappa shape index (κ1) is 19.9. The van der Waals surface area contributed by atoms with Crippen LogP contribution < -0.4 is 14.4 Å². The summed E-state index contributed by atoms with van der Waals surface area (Å²) in [5.41, 5.74) is 1.71. The lowest BCUT2D eigenvalue weighted by atomic mass is 9.85. The number of methoxy groups -OCH3 is 1. The second kappa shape index (κ2) is 8.91. The van der Waals surface area contributed by atoms with Gasteiger partial charge in [-0.15, -0.1) is 0 Å². The van der Waals surface area contributed by atoms with Gasteiger partial charge in [0.25, 0.3) is 0 Å². The van der Waals surface area contributed by atoms with E-state index in [2.05, 4.69) is 9.88 Å². The number of ether oxygens (including phenoxy) is 2. The number of aromatic nitrogens is 1. The monoisotopic (exact) mass is 388 g/mol. The average Bonchev–Trinajstić information content (AvgIpc) is 2.70. The van der Waals surface area contributed by atoms with Gasteiger partial charge in [0.2, 0.25) is 6.36 Å². The molecule has 0 saturated heterocycles. The molecule has 1 aromatic heterocycles. The van der Waals surface area contributed by atoms with Crippen LogP contribution in [-0.4, -0.2) is 35.6 Å². The van der Waals surface area contributed by atoms with Crippen LogP contribution in [0, 0.1) is 5.92 Å². The van der Waals surface area contributed by atoms with Crippen LogP contribution in [0.1, 0.15) is 32.6 Å². The van der Waals surface area contributed by atoms with Crippen molar-refractivity contribution in [2.75, 3.05) is 12.0 Å². The number of halogens is 1. The maximum absolute atomic E-state index is 13.1. The number of carbonyl (C=O) groups is 1. The molecule has 1 saturated carbocycles. The smallest absolute Gasteiger partial charge is 0.306 e. The van der Waals surface area contributed by atoms with Gasteiger partial charge in [0.05, 0.1) is 19.2 Å². The van der Waals surface area contributed by atoms with E-state index >= 15 is 0 Å². The highest BCUT2D eigenvalue weighted by atomic mass is 19.1. The predicted molar refractivity (Wildman–Crippen MR) is 104 cm³/mol. The van der Waals surface area contributed by atoms with Gasteiger partial charge in [-0.3, -0.25) is 9.78 Å². The molecule has 0 radical (unpaired) electrons. The predicted octanol–water partition coefficient (Wildman–Crippen LogP) is 4.57. The molecule has 1 N–H and O–H groups in total. The largest absolute Gasteiger partial charge is 0.494 e. The molecule has 3 rings (SSSR count). The Balaban J connectivity index is 1.92. The van der Waals surface area contributed by atoms with Crippen molar-refractivity contribution in [3.05, 3.63) is 42.7 Å². The van der Waals surface area contributed by atoms with E-state index in [1.165, 1.54) is 6.92 Å². The maximum atomic E-state index is 13.1. The Kier molecular flexibility index (Phi) is 6.34. The van der Waals surface area contributed by atoms with Gasteiger partial charge < -0.3 is 19.5 Å². The average molecular weight is 388 g/mol. The van der Waals surface area contributed by atoms with Crippen LogP contribution in [0.3, 0.4) is 0 Å². The first-order chi connectivity index (χ1) is 13.5. The summed E-state index contributed by atoms with van der Waals surface area (Å²) >= 11 is 0. The van der Waals surface area contributed by atoms with Gasteiger partial charge in [-0.1, -0.05) is 0 Å². The van der Waals surface area contributed by atoms with E-state index in [9.17, 15) is 14.3 Å². The Hall–Kier alpha value is -2.83. The molecule has 0 aliphatic heterocycles. The normalized spacial score (nSPS) is 20.2. The minimum Gasteiger partial charge on any atom is -0.494 e. The van der Waals surface area contributed by atoms with Crippen molar-refractivity contribution >= 4 is 17.3 Å². The Bertz CT molecular complexity index is 789. The van der Waals surface area contributed by atoms with Crippen LogP contribution in [0.15, 0.2) is 42.7 Å². The first-order valence-corrected chi connectivity index (χ1v) is 9.40. The van der Waals surface area contributed by atoms with E-state index in [1.807, 2.05) is 12.1 Å². The molecule has 1 aliphatic rings. The van der Waals surface area contributed by atoms with E-state index in [-0.39, 0.29) is 12.0 Å². The number of nitrogens with zero attached hydrogens (tertiary/aromatic N) is 2. The Morgan fingerprint density at radius 2 is 1.89 bits per heavy atom. The number of hydrogen-bond donors (Lipinski definition) is 1. The lowest BCUT2D eigenvalue weighted by Crippen LogP contribution is -2.36. The number of pyridine rings is 1. The molecule has 0 bridgehead atoms. The van der Waals surface area contributed by atoms with Crippen molar-refractivity contribution in [1.29, 1.82) is 0 Å².